The average molecular weight is 750 g/mol. The van der Waals surface area contributed by atoms with Gasteiger partial charge in [0, 0.05) is 6.42 Å². The minimum atomic E-state index is -1.78. The molecule has 0 spiro atoms. The van der Waals surface area contributed by atoms with Crippen LogP contribution >= 0.6 is 0 Å². The molecule has 0 aromatic rings. The number of unbranched alkanes of at least 4 members (excludes halogenated alkanes) is 13. The Hall–Kier alpha value is -1.27. The molecular formula is C38H71NO13. The molecule has 2 aliphatic heterocycles. The number of carbonyl (C=O) groups is 1. The third-order valence-electron chi connectivity index (χ3n) is 9.98. The van der Waals surface area contributed by atoms with E-state index in [0.717, 1.165) is 70.6 Å². The van der Waals surface area contributed by atoms with E-state index in [-0.39, 0.29) is 12.5 Å². The molecule has 0 bridgehead atoms. The molecule has 2 aliphatic rings. The molecule has 306 valence electrons. The van der Waals surface area contributed by atoms with Crippen molar-refractivity contribution in [3.8, 4) is 0 Å². The highest BCUT2D eigenvalue weighted by molar-refractivity contribution is 5.76. The van der Waals surface area contributed by atoms with E-state index in [1.165, 1.54) is 25.7 Å². The summed E-state index contributed by atoms with van der Waals surface area (Å²) in [6.07, 6.45) is 5.75. The van der Waals surface area contributed by atoms with Crippen molar-refractivity contribution in [1.82, 2.24) is 5.32 Å². The second kappa shape index (κ2) is 27.3. The quantitative estimate of drug-likeness (QED) is 0.0413. The highest BCUT2D eigenvalue weighted by Gasteiger charge is 2.50. The fraction of sp³-hybridized carbons (Fsp3) is 0.921. The lowest BCUT2D eigenvalue weighted by molar-refractivity contribution is -0.359. The molecule has 2 heterocycles. The average Bonchev–Trinajstić information content (AvgIpc) is 3.14. The lowest BCUT2D eigenvalue weighted by Crippen LogP contribution is -2.65. The maximum atomic E-state index is 12.9. The number of amides is 1. The molecule has 9 N–H and O–H groups in total. The molecule has 0 saturated carbocycles. The number of allylic oxidation sites excluding steroid dienone is 2. The van der Waals surface area contributed by atoms with E-state index < -0.39 is 86.8 Å². The van der Waals surface area contributed by atoms with Crippen LogP contribution in [0.4, 0.5) is 0 Å². The van der Waals surface area contributed by atoms with Crippen LogP contribution in [0.3, 0.4) is 0 Å². The van der Waals surface area contributed by atoms with Crippen molar-refractivity contribution in [1.29, 1.82) is 0 Å². The van der Waals surface area contributed by atoms with Crippen molar-refractivity contribution in [3.63, 3.8) is 0 Å². The summed E-state index contributed by atoms with van der Waals surface area (Å²) in [6, 6.07) is -0.823. The van der Waals surface area contributed by atoms with E-state index in [2.05, 4.69) is 31.3 Å². The van der Waals surface area contributed by atoms with Crippen LogP contribution in [0.25, 0.3) is 0 Å². The highest BCUT2D eigenvalue weighted by atomic mass is 16.7. The molecule has 0 aromatic carbocycles. The Morgan fingerprint density at radius 1 is 0.673 bits per heavy atom. The molecule has 0 aliphatic carbocycles. The van der Waals surface area contributed by atoms with E-state index in [0.29, 0.717) is 19.3 Å². The molecule has 14 nitrogen and oxygen atoms in total. The summed E-state index contributed by atoms with van der Waals surface area (Å²) in [4.78, 5) is 12.9. The molecule has 12 unspecified atom stereocenters. The van der Waals surface area contributed by atoms with Gasteiger partial charge in [-0.25, -0.2) is 0 Å². The van der Waals surface area contributed by atoms with Gasteiger partial charge in [0.2, 0.25) is 5.91 Å². The Labute approximate surface area is 310 Å². The monoisotopic (exact) mass is 749 g/mol. The normalized spacial score (nSPS) is 30.8. The van der Waals surface area contributed by atoms with Gasteiger partial charge in [-0.05, 0) is 38.5 Å². The first-order chi connectivity index (χ1) is 25.1. The first-order valence-corrected chi connectivity index (χ1v) is 19.9. The molecule has 14 heteroatoms. The van der Waals surface area contributed by atoms with Crippen LogP contribution < -0.4 is 5.32 Å². The fourth-order valence-corrected chi connectivity index (χ4v) is 6.58. The number of hydrogen-bond acceptors (Lipinski definition) is 13. The second-order valence-corrected chi connectivity index (χ2v) is 14.4. The number of hydrogen-bond donors (Lipinski definition) is 9. The topological polar surface area (TPSA) is 228 Å². The van der Waals surface area contributed by atoms with Gasteiger partial charge in [0.05, 0.1) is 32.0 Å². The van der Waals surface area contributed by atoms with Gasteiger partial charge in [0.25, 0.3) is 0 Å². The number of aliphatic hydroxyl groups is 8. The van der Waals surface area contributed by atoms with Gasteiger partial charge in [-0.1, -0.05) is 96.6 Å². The number of aliphatic hydroxyl groups excluding tert-OH is 8. The molecule has 52 heavy (non-hydrogen) atoms. The Kier molecular flexibility index (Phi) is 24.6. The van der Waals surface area contributed by atoms with Crippen LogP contribution in [0.1, 0.15) is 129 Å². The minimum Gasteiger partial charge on any atom is -0.394 e. The molecule has 2 fully saturated rings. The van der Waals surface area contributed by atoms with Crippen molar-refractivity contribution >= 4 is 5.91 Å². The van der Waals surface area contributed by atoms with Crippen molar-refractivity contribution in [3.05, 3.63) is 12.2 Å². The predicted octanol–water partition coefficient (Wildman–Crippen LogP) is 2.09. The van der Waals surface area contributed by atoms with Gasteiger partial charge in [-0.2, -0.15) is 0 Å². The number of nitrogens with one attached hydrogen (secondary N) is 1. The van der Waals surface area contributed by atoms with Gasteiger partial charge in [-0.15, -0.1) is 0 Å². The third kappa shape index (κ3) is 16.6. The van der Waals surface area contributed by atoms with Crippen LogP contribution in [-0.2, 0) is 23.7 Å². The highest BCUT2D eigenvalue weighted by Crippen LogP contribution is 2.30. The summed E-state index contributed by atoms with van der Waals surface area (Å²) in [5.41, 5.74) is 0. The summed E-state index contributed by atoms with van der Waals surface area (Å²) in [7, 11) is 0. The Balaban J connectivity index is 1.89. The zero-order chi connectivity index (χ0) is 38.3. The smallest absolute Gasteiger partial charge is 0.220 e. The summed E-state index contributed by atoms with van der Waals surface area (Å²) < 4.78 is 22.5. The molecule has 0 aromatic heterocycles. The maximum Gasteiger partial charge on any atom is 0.220 e. The van der Waals surface area contributed by atoms with Crippen LogP contribution in [0.15, 0.2) is 12.2 Å². The van der Waals surface area contributed by atoms with Gasteiger partial charge in [-0.3, -0.25) is 4.79 Å². The summed E-state index contributed by atoms with van der Waals surface area (Å²) in [5, 5.41) is 85.9. The molecule has 2 rings (SSSR count). The van der Waals surface area contributed by atoms with E-state index in [9.17, 15) is 45.6 Å². The Morgan fingerprint density at radius 2 is 1.21 bits per heavy atom. The van der Waals surface area contributed by atoms with Crippen molar-refractivity contribution in [2.24, 2.45) is 0 Å². The SMILES string of the molecule is CCCCCC/C=C\CCCCCCCC(=O)NC(COC1OC(CO)C(OC2OC(CO)C(O)C(O)C2O)C(O)C1O)C(O)CCCCCCC. The van der Waals surface area contributed by atoms with Gasteiger partial charge in [0.1, 0.15) is 48.8 Å². The van der Waals surface area contributed by atoms with Crippen molar-refractivity contribution in [2.45, 2.75) is 203 Å². The van der Waals surface area contributed by atoms with Crippen molar-refractivity contribution in [2.75, 3.05) is 19.8 Å². The fourth-order valence-electron chi connectivity index (χ4n) is 6.58. The number of ether oxygens (including phenoxy) is 4. The first-order valence-electron chi connectivity index (χ1n) is 19.9. The van der Waals surface area contributed by atoms with E-state index in [4.69, 9.17) is 18.9 Å². The minimum absolute atomic E-state index is 0.226. The van der Waals surface area contributed by atoms with Crippen molar-refractivity contribution < 1.29 is 64.6 Å². The van der Waals surface area contributed by atoms with Crippen LogP contribution in [0.5, 0.6) is 0 Å². The molecule has 12 atom stereocenters. The lowest BCUT2D eigenvalue weighted by Gasteiger charge is -2.46. The summed E-state index contributed by atoms with van der Waals surface area (Å²) in [6.45, 7) is 2.68. The third-order valence-corrected chi connectivity index (χ3v) is 9.98. The van der Waals surface area contributed by atoms with Crippen LogP contribution in [0, 0.1) is 0 Å². The lowest BCUT2D eigenvalue weighted by atomic mass is 9.97. The standard InChI is InChI=1S/C38H71NO13/c1-3-5-7-9-10-11-12-13-14-15-16-18-20-22-30(43)39-26(27(42)21-19-17-8-6-4-2)25-49-37-35(48)33(46)36(29(24-41)51-37)52-38-34(47)32(45)31(44)28(23-40)50-38/h11-12,26-29,31-38,40-42,44-48H,3-10,13-25H2,1-2H3,(H,39,43)/b12-11-. The molecule has 2 saturated heterocycles. The largest absolute Gasteiger partial charge is 0.394 e. The van der Waals surface area contributed by atoms with E-state index in [1.807, 2.05) is 0 Å². The van der Waals surface area contributed by atoms with Gasteiger partial charge >= 0.3 is 0 Å². The molecular weight excluding hydrogens is 678 g/mol. The Bertz CT molecular complexity index is 941. The van der Waals surface area contributed by atoms with Gasteiger partial charge < -0.3 is 65.1 Å². The first kappa shape index (κ1) is 46.9. The van der Waals surface area contributed by atoms with E-state index in [1.54, 1.807) is 0 Å². The zero-order valence-electron chi connectivity index (χ0n) is 31.6. The summed E-state index contributed by atoms with van der Waals surface area (Å²) in [5.74, 6) is -0.226. The Morgan fingerprint density at radius 3 is 1.85 bits per heavy atom. The number of carbonyl (C=O) groups excluding carboxylic acids is 1. The molecule has 1 amide bonds. The van der Waals surface area contributed by atoms with E-state index >= 15 is 0 Å². The second-order valence-electron chi connectivity index (χ2n) is 14.4. The summed E-state index contributed by atoms with van der Waals surface area (Å²) >= 11 is 0. The predicted molar refractivity (Wildman–Crippen MR) is 194 cm³/mol. The van der Waals surface area contributed by atoms with Crippen LogP contribution in [0.2, 0.25) is 0 Å². The van der Waals surface area contributed by atoms with Crippen LogP contribution in [-0.4, -0.2) is 140 Å². The van der Waals surface area contributed by atoms with Gasteiger partial charge in [0.15, 0.2) is 12.6 Å². The number of rotatable bonds is 28. The zero-order valence-corrected chi connectivity index (χ0v) is 31.6. The molecule has 0 radical (unpaired) electrons. The maximum absolute atomic E-state index is 12.9.